The van der Waals surface area contributed by atoms with Gasteiger partial charge in [-0.1, -0.05) is 166 Å². The highest BCUT2D eigenvalue weighted by Crippen LogP contribution is 2.57. The molecule has 0 saturated heterocycles. The maximum Gasteiger partial charge on any atom is 0.245 e. The van der Waals surface area contributed by atoms with E-state index in [1.807, 2.05) is 11.3 Å². The molecule has 0 bridgehead atoms. The molecule has 0 radical (unpaired) electrons. The Balaban J connectivity index is 1.51. The Bertz CT molecular complexity index is 2760. The van der Waals surface area contributed by atoms with Gasteiger partial charge in [0.05, 0.1) is 10.7 Å². The maximum atomic E-state index is 4.90. The summed E-state index contributed by atoms with van der Waals surface area (Å²) < 4.78 is 1.40. The molecule has 4 atom stereocenters. The first-order chi connectivity index (χ1) is 33.1. The first kappa shape index (κ1) is 53.0. The molecule has 6 aliphatic rings. The zero-order valence-electron chi connectivity index (χ0n) is 47.3. The Morgan fingerprint density at radius 1 is 0.887 bits per heavy atom. The van der Waals surface area contributed by atoms with Crippen molar-refractivity contribution in [3.05, 3.63) is 167 Å². The van der Waals surface area contributed by atoms with Crippen molar-refractivity contribution >= 4 is 38.6 Å². The Hall–Kier alpha value is -4.28. The highest BCUT2D eigenvalue weighted by Gasteiger charge is 2.49. The van der Waals surface area contributed by atoms with Crippen molar-refractivity contribution in [2.45, 2.75) is 173 Å². The van der Waals surface area contributed by atoms with E-state index in [9.17, 15) is 0 Å². The topological polar surface area (TPSA) is 6.48 Å². The number of hydrogen-bond donors (Lipinski definition) is 0. The summed E-state index contributed by atoms with van der Waals surface area (Å²) in [6.45, 7) is 57.0. The van der Waals surface area contributed by atoms with Crippen molar-refractivity contribution in [3.63, 3.8) is 0 Å². The smallest absolute Gasteiger partial charge is 0.245 e. The van der Waals surface area contributed by atoms with Crippen molar-refractivity contribution in [2.75, 3.05) is 4.90 Å². The summed E-state index contributed by atoms with van der Waals surface area (Å²) in [6, 6.07) is 5.29. The fourth-order valence-corrected chi connectivity index (χ4v) is 14.2. The Morgan fingerprint density at radius 2 is 1.54 bits per heavy atom. The third-order valence-corrected chi connectivity index (χ3v) is 19.6. The molecule has 8 rings (SSSR count). The first-order valence-electron chi connectivity index (χ1n) is 27.6. The summed E-state index contributed by atoms with van der Waals surface area (Å²) in [6.07, 6.45) is 32.8. The zero-order valence-corrected chi connectivity index (χ0v) is 48.2. The number of benzene rings is 1. The second kappa shape index (κ2) is 19.2. The van der Waals surface area contributed by atoms with Crippen LogP contribution in [0.15, 0.2) is 156 Å². The van der Waals surface area contributed by atoms with Gasteiger partial charge in [0.1, 0.15) is 0 Å². The van der Waals surface area contributed by atoms with Crippen molar-refractivity contribution < 1.29 is 0 Å². The molecule has 71 heavy (non-hydrogen) atoms. The highest BCUT2D eigenvalue weighted by atomic mass is 32.1. The van der Waals surface area contributed by atoms with Gasteiger partial charge in [-0.05, 0) is 195 Å². The molecule has 0 N–H and O–H groups in total. The molecule has 3 heterocycles. The Morgan fingerprint density at radius 3 is 2.13 bits per heavy atom. The zero-order chi connectivity index (χ0) is 51.9. The molecule has 2 aliphatic heterocycles. The van der Waals surface area contributed by atoms with Gasteiger partial charge in [-0.3, -0.25) is 0 Å². The summed E-state index contributed by atoms with van der Waals surface area (Å²) in [5.41, 5.74) is 16.5. The maximum absolute atomic E-state index is 4.90. The predicted octanol–water partition coefficient (Wildman–Crippen LogP) is 18.8. The van der Waals surface area contributed by atoms with Crippen LogP contribution in [-0.4, -0.2) is 11.6 Å². The van der Waals surface area contributed by atoms with Crippen LogP contribution in [0.1, 0.15) is 173 Å². The van der Waals surface area contributed by atoms with Crippen LogP contribution in [0.2, 0.25) is 0 Å². The van der Waals surface area contributed by atoms with E-state index in [0.29, 0.717) is 35.5 Å². The minimum absolute atomic E-state index is 0.0239. The van der Waals surface area contributed by atoms with Crippen LogP contribution >= 0.6 is 11.3 Å². The van der Waals surface area contributed by atoms with Crippen LogP contribution < -0.4 is 10.4 Å². The van der Waals surface area contributed by atoms with Crippen LogP contribution in [0, 0.1) is 51.8 Å². The van der Waals surface area contributed by atoms with E-state index in [-0.39, 0.29) is 33.8 Å². The SMILES string of the molecule is C=CCCC(=C)C1=C(N2C=C3B(C=C2CC(C=C)C(C)C)c2c(sc4cc5c(cc24)C(C)(C)CCC5(C)C)N(C2=CC4C(C=C2)C(C)(C)CCC4(C)C)/C3=C/C(=C)C(C)(C)C)C(/C=C/C)=CC(C(C)C)C1. The van der Waals surface area contributed by atoms with Gasteiger partial charge in [-0.2, -0.15) is 0 Å². The summed E-state index contributed by atoms with van der Waals surface area (Å²) in [5.74, 6) is 5.23. The molecule has 2 aromatic rings. The van der Waals surface area contributed by atoms with Crippen molar-refractivity contribution in [1.29, 1.82) is 0 Å². The molecule has 4 unspecified atom stereocenters. The van der Waals surface area contributed by atoms with Crippen LogP contribution in [0.5, 0.6) is 0 Å². The molecule has 1 fully saturated rings. The molecular weight excluding hydrogens is 876 g/mol. The minimum atomic E-state index is -0.137. The van der Waals surface area contributed by atoms with E-state index in [1.54, 1.807) is 0 Å². The number of anilines is 1. The molecular formula is C67H91BN2S. The number of fused-ring (bicyclic) bond motifs is 7. The Kier molecular flexibility index (Phi) is 14.3. The van der Waals surface area contributed by atoms with Crippen molar-refractivity contribution in [3.8, 4) is 0 Å². The number of rotatable bonds is 13. The highest BCUT2D eigenvalue weighted by molar-refractivity contribution is 7.25. The van der Waals surface area contributed by atoms with Gasteiger partial charge in [0.2, 0.25) is 6.71 Å². The monoisotopic (exact) mass is 967 g/mol. The average molecular weight is 967 g/mol. The van der Waals surface area contributed by atoms with Crippen molar-refractivity contribution in [1.82, 2.24) is 4.90 Å². The average Bonchev–Trinajstić information content (AvgIpc) is 3.67. The summed E-state index contributed by atoms with van der Waals surface area (Å²) in [5, 5.41) is 2.77. The fourth-order valence-electron chi connectivity index (χ4n) is 12.9. The lowest BCUT2D eigenvalue weighted by molar-refractivity contribution is 0.0326. The molecule has 4 heteroatoms. The summed E-state index contributed by atoms with van der Waals surface area (Å²) in [4.78, 5) is 5.36. The summed E-state index contributed by atoms with van der Waals surface area (Å²) in [7, 11) is 0. The standard InChI is InChI=1S/C67H91BN2S/c1-21-24-26-44(8)51-36-48(43(6)7)34-47(25-22-2)61(51)69-41-57-58(33-45(9)63(10,11)12)70(49-27-28-53-54(37-49)65(15,16)30-29-64(53,13)14)62-60(68(57)40-50(69)35-46(23-3)42(4)5)52-38-55-56(39-59(52)71-62)67(19,20)32-31-66(55,17)18/h21-23,25,27-28,33-34,37-43,46,48,53-54H,1,3,8-9,24,26,29-32,35-36H2,2,4-7,10-20H3/b25-22+,58-33+. The van der Waals surface area contributed by atoms with Gasteiger partial charge in [-0.15, -0.1) is 24.5 Å². The third kappa shape index (κ3) is 9.72. The molecule has 1 aromatic heterocycles. The van der Waals surface area contributed by atoms with E-state index >= 15 is 0 Å². The molecule has 0 spiro atoms. The molecule has 1 saturated carbocycles. The van der Waals surface area contributed by atoms with Crippen molar-refractivity contribution in [2.24, 2.45) is 51.8 Å². The second-order valence-corrected chi connectivity index (χ2v) is 28.1. The lowest BCUT2D eigenvalue weighted by Gasteiger charge is -2.52. The minimum Gasteiger partial charge on any atom is -0.322 e. The largest absolute Gasteiger partial charge is 0.322 e. The van der Waals surface area contributed by atoms with E-state index in [0.717, 1.165) is 31.3 Å². The fraction of sp³-hybridized carbons (Fsp3) is 0.522. The Labute approximate surface area is 437 Å². The molecule has 378 valence electrons. The first-order valence-corrected chi connectivity index (χ1v) is 28.4. The van der Waals surface area contributed by atoms with E-state index < -0.39 is 0 Å². The number of allylic oxidation sites excluding steroid dienone is 14. The van der Waals surface area contributed by atoms with Crippen LogP contribution in [-0.2, 0) is 10.8 Å². The normalized spacial score (nSPS) is 25.4. The predicted molar refractivity (Wildman–Crippen MR) is 315 cm³/mol. The quantitative estimate of drug-likeness (QED) is 0.146. The number of thiophene rings is 1. The van der Waals surface area contributed by atoms with Gasteiger partial charge >= 0.3 is 0 Å². The molecule has 4 aliphatic carbocycles. The lowest BCUT2D eigenvalue weighted by Crippen LogP contribution is -2.48. The molecule has 1 aromatic carbocycles. The van der Waals surface area contributed by atoms with E-state index in [4.69, 9.17) is 13.2 Å². The van der Waals surface area contributed by atoms with Gasteiger partial charge in [0, 0.05) is 28.0 Å². The molecule has 0 amide bonds. The van der Waals surface area contributed by atoms with Gasteiger partial charge in [0.15, 0.2) is 0 Å². The van der Waals surface area contributed by atoms with Crippen LogP contribution in [0.4, 0.5) is 5.00 Å². The van der Waals surface area contributed by atoms with E-state index in [2.05, 4.69) is 213 Å². The second-order valence-electron chi connectivity index (χ2n) is 27.0. The van der Waals surface area contributed by atoms with Crippen LogP contribution in [0.25, 0.3) is 10.1 Å². The van der Waals surface area contributed by atoms with Gasteiger partial charge in [0.25, 0.3) is 0 Å². The third-order valence-electron chi connectivity index (χ3n) is 18.5. The van der Waals surface area contributed by atoms with Gasteiger partial charge in [-0.25, -0.2) is 0 Å². The van der Waals surface area contributed by atoms with Gasteiger partial charge < -0.3 is 9.80 Å². The van der Waals surface area contributed by atoms with Crippen LogP contribution in [0.3, 0.4) is 0 Å². The number of nitrogens with zero attached hydrogens (tertiary/aromatic N) is 2. The summed E-state index contributed by atoms with van der Waals surface area (Å²) >= 11 is 2.02. The number of hydrogen-bond acceptors (Lipinski definition) is 3. The molecule has 2 nitrogen and oxygen atoms in total. The van der Waals surface area contributed by atoms with E-state index in [1.165, 1.54) is 102 Å². The lowest BCUT2D eigenvalue weighted by atomic mass is 9.36.